The fourth-order valence-electron chi connectivity index (χ4n) is 1.88. The van der Waals surface area contributed by atoms with Crippen LogP contribution in [0.1, 0.15) is 30.4 Å². The van der Waals surface area contributed by atoms with Crippen molar-refractivity contribution in [2.75, 3.05) is 0 Å². The van der Waals surface area contributed by atoms with Crippen LogP contribution >= 0.6 is 38.5 Å². The van der Waals surface area contributed by atoms with Crippen LogP contribution in [0, 0.1) is 3.57 Å². The molecular weight excluding hydrogens is 419 g/mol. The molecule has 1 N–H and O–H groups in total. The van der Waals surface area contributed by atoms with Gasteiger partial charge in [-0.25, -0.2) is 4.98 Å². The molecule has 2 aromatic rings. The Hall–Kier alpha value is -0.690. The minimum atomic E-state index is -0.0379. The molecule has 0 saturated heterocycles. The number of hydrogen-bond acceptors (Lipinski definition) is 2. The lowest BCUT2D eigenvalue weighted by molar-refractivity contribution is 0.822. The van der Waals surface area contributed by atoms with Gasteiger partial charge in [0.2, 0.25) is 0 Å². The Morgan fingerprint density at radius 1 is 1.42 bits per heavy atom. The molecule has 3 nitrogen and oxygen atoms in total. The number of H-pyrrole nitrogens is 1. The standard InChI is InChI=1S/C14H14BrIN2O/c1-2-4-11-13(16)14(19)18-12(17-11)8-9-5-3-6-10(15)7-9/h3,5-7H,2,4,8H2,1H3,(H,17,18,19). The van der Waals surface area contributed by atoms with Gasteiger partial charge in [-0.15, -0.1) is 0 Å². The van der Waals surface area contributed by atoms with Crippen molar-refractivity contribution in [2.24, 2.45) is 0 Å². The highest BCUT2D eigenvalue weighted by molar-refractivity contribution is 14.1. The quantitative estimate of drug-likeness (QED) is 0.749. The van der Waals surface area contributed by atoms with Gasteiger partial charge in [0.25, 0.3) is 5.56 Å². The van der Waals surface area contributed by atoms with Gasteiger partial charge in [-0.1, -0.05) is 41.4 Å². The summed E-state index contributed by atoms with van der Waals surface area (Å²) in [5.74, 6) is 0.729. The van der Waals surface area contributed by atoms with E-state index < -0.39 is 0 Å². The van der Waals surface area contributed by atoms with Crippen LogP contribution in [0.15, 0.2) is 33.5 Å². The van der Waals surface area contributed by atoms with Crippen molar-refractivity contribution < 1.29 is 0 Å². The first-order chi connectivity index (χ1) is 9.10. The van der Waals surface area contributed by atoms with Crippen molar-refractivity contribution in [3.8, 4) is 0 Å². The minimum Gasteiger partial charge on any atom is -0.309 e. The van der Waals surface area contributed by atoms with Crippen molar-refractivity contribution in [1.82, 2.24) is 9.97 Å². The number of benzene rings is 1. The molecule has 19 heavy (non-hydrogen) atoms. The molecule has 0 radical (unpaired) electrons. The molecule has 0 bridgehead atoms. The molecule has 0 amide bonds. The molecule has 1 aromatic heterocycles. The van der Waals surface area contributed by atoms with Gasteiger partial charge in [0.15, 0.2) is 0 Å². The molecule has 0 aliphatic carbocycles. The monoisotopic (exact) mass is 432 g/mol. The second kappa shape index (κ2) is 6.65. The van der Waals surface area contributed by atoms with E-state index in [1.807, 2.05) is 24.3 Å². The van der Waals surface area contributed by atoms with E-state index >= 15 is 0 Å². The smallest absolute Gasteiger partial charge is 0.264 e. The molecule has 2 rings (SSSR count). The Labute approximate surface area is 134 Å². The minimum absolute atomic E-state index is 0.0379. The summed E-state index contributed by atoms with van der Waals surface area (Å²) in [6.45, 7) is 2.09. The molecular formula is C14H14BrIN2O. The van der Waals surface area contributed by atoms with Crippen LogP contribution in [0.3, 0.4) is 0 Å². The predicted molar refractivity (Wildman–Crippen MR) is 88.5 cm³/mol. The fourth-order valence-corrected chi connectivity index (χ4v) is 2.86. The van der Waals surface area contributed by atoms with E-state index in [0.717, 1.165) is 34.4 Å². The normalized spacial score (nSPS) is 10.7. The molecule has 100 valence electrons. The summed E-state index contributed by atoms with van der Waals surface area (Å²) in [7, 11) is 0. The van der Waals surface area contributed by atoms with Gasteiger partial charge in [-0.05, 0) is 46.7 Å². The summed E-state index contributed by atoms with van der Waals surface area (Å²) in [6, 6.07) is 8.03. The Morgan fingerprint density at radius 3 is 2.89 bits per heavy atom. The number of halogens is 2. The number of aromatic amines is 1. The van der Waals surface area contributed by atoms with E-state index in [1.165, 1.54) is 0 Å². The van der Waals surface area contributed by atoms with Crippen molar-refractivity contribution in [2.45, 2.75) is 26.2 Å². The van der Waals surface area contributed by atoms with E-state index in [0.29, 0.717) is 9.99 Å². The van der Waals surface area contributed by atoms with E-state index in [4.69, 9.17) is 0 Å². The molecule has 0 atom stereocenters. The number of hydrogen-bond donors (Lipinski definition) is 1. The van der Waals surface area contributed by atoms with Crippen LogP contribution in [0.25, 0.3) is 0 Å². The first-order valence-electron chi connectivity index (χ1n) is 6.12. The van der Waals surface area contributed by atoms with Crippen molar-refractivity contribution >= 4 is 38.5 Å². The third-order valence-corrected chi connectivity index (χ3v) is 4.33. The zero-order valence-electron chi connectivity index (χ0n) is 10.5. The molecule has 0 unspecified atom stereocenters. The van der Waals surface area contributed by atoms with Crippen LogP contribution in [0.5, 0.6) is 0 Å². The third-order valence-electron chi connectivity index (χ3n) is 2.73. The zero-order valence-corrected chi connectivity index (χ0v) is 14.3. The maximum atomic E-state index is 11.9. The topological polar surface area (TPSA) is 45.8 Å². The molecule has 0 saturated carbocycles. The van der Waals surface area contributed by atoms with Crippen molar-refractivity contribution in [3.63, 3.8) is 0 Å². The van der Waals surface area contributed by atoms with Gasteiger partial charge in [0, 0.05) is 10.9 Å². The van der Waals surface area contributed by atoms with Gasteiger partial charge in [-0.2, -0.15) is 0 Å². The van der Waals surface area contributed by atoms with Gasteiger partial charge in [0.05, 0.1) is 9.26 Å². The molecule has 0 fully saturated rings. The van der Waals surface area contributed by atoms with E-state index in [1.54, 1.807) is 0 Å². The maximum absolute atomic E-state index is 11.9. The van der Waals surface area contributed by atoms with Crippen LogP contribution in [-0.4, -0.2) is 9.97 Å². The largest absolute Gasteiger partial charge is 0.309 e. The maximum Gasteiger partial charge on any atom is 0.264 e. The number of nitrogens with zero attached hydrogens (tertiary/aromatic N) is 1. The summed E-state index contributed by atoms with van der Waals surface area (Å²) in [6.07, 6.45) is 2.47. The summed E-state index contributed by atoms with van der Waals surface area (Å²) in [4.78, 5) is 19.3. The molecule has 1 heterocycles. The van der Waals surface area contributed by atoms with Gasteiger partial charge in [0.1, 0.15) is 5.82 Å². The van der Waals surface area contributed by atoms with E-state index in [-0.39, 0.29) is 5.56 Å². The first kappa shape index (κ1) is 14.7. The summed E-state index contributed by atoms with van der Waals surface area (Å²) < 4.78 is 1.74. The first-order valence-corrected chi connectivity index (χ1v) is 7.99. The van der Waals surface area contributed by atoms with Crippen molar-refractivity contribution in [1.29, 1.82) is 0 Å². The number of nitrogens with one attached hydrogen (secondary N) is 1. The van der Waals surface area contributed by atoms with Crippen LogP contribution in [0.4, 0.5) is 0 Å². The van der Waals surface area contributed by atoms with Gasteiger partial charge >= 0.3 is 0 Å². The van der Waals surface area contributed by atoms with E-state index in [2.05, 4.69) is 55.4 Å². The summed E-state index contributed by atoms with van der Waals surface area (Å²) >= 11 is 5.51. The predicted octanol–water partition coefficient (Wildman–Crippen LogP) is 3.68. The third kappa shape index (κ3) is 3.89. The second-order valence-corrected chi connectivity index (χ2v) is 6.32. The Balaban J connectivity index is 2.33. The van der Waals surface area contributed by atoms with Crippen LogP contribution < -0.4 is 5.56 Å². The number of rotatable bonds is 4. The number of aryl methyl sites for hydroxylation is 1. The fraction of sp³-hybridized carbons (Fsp3) is 0.286. The summed E-state index contributed by atoms with van der Waals surface area (Å²) in [5, 5.41) is 0. The molecule has 0 aliphatic heterocycles. The zero-order chi connectivity index (χ0) is 13.8. The second-order valence-electron chi connectivity index (χ2n) is 4.33. The van der Waals surface area contributed by atoms with Crippen LogP contribution in [0.2, 0.25) is 0 Å². The summed E-state index contributed by atoms with van der Waals surface area (Å²) in [5.41, 5.74) is 1.99. The number of aromatic nitrogens is 2. The highest BCUT2D eigenvalue weighted by atomic mass is 127. The SMILES string of the molecule is CCCc1nc(Cc2cccc(Br)c2)[nH]c(=O)c1I. The Morgan fingerprint density at radius 2 is 2.21 bits per heavy atom. The molecule has 1 aromatic carbocycles. The lowest BCUT2D eigenvalue weighted by Gasteiger charge is -2.06. The molecule has 0 spiro atoms. The van der Waals surface area contributed by atoms with Gasteiger partial charge < -0.3 is 4.98 Å². The average Bonchev–Trinajstić information content (AvgIpc) is 2.35. The molecule has 5 heteroatoms. The van der Waals surface area contributed by atoms with Crippen LogP contribution in [-0.2, 0) is 12.8 Å². The van der Waals surface area contributed by atoms with Crippen molar-refractivity contribution in [3.05, 3.63) is 59.7 Å². The highest BCUT2D eigenvalue weighted by Crippen LogP contribution is 2.14. The van der Waals surface area contributed by atoms with Gasteiger partial charge in [-0.3, -0.25) is 4.79 Å². The lowest BCUT2D eigenvalue weighted by atomic mass is 10.1. The molecule has 0 aliphatic rings. The Kier molecular flexibility index (Phi) is 5.15. The Bertz CT molecular complexity index is 640. The lowest BCUT2D eigenvalue weighted by Crippen LogP contribution is -2.18. The highest BCUT2D eigenvalue weighted by Gasteiger charge is 2.08. The average molecular weight is 433 g/mol. The van der Waals surface area contributed by atoms with E-state index in [9.17, 15) is 4.79 Å².